The normalized spacial score (nSPS) is 20.1. The van der Waals surface area contributed by atoms with Crippen molar-refractivity contribution in [3.8, 4) is 0 Å². The van der Waals surface area contributed by atoms with Gasteiger partial charge < -0.3 is 15.4 Å². The monoisotopic (exact) mass is 485 g/mol. The second-order valence-corrected chi connectivity index (χ2v) is 9.91. The predicted molar refractivity (Wildman–Crippen MR) is 134 cm³/mol. The number of carbonyl (C=O) groups excluding carboxylic acids is 3. The van der Waals surface area contributed by atoms with Crippen molar-refractivity contribution in [3.05, 3.63) is 52.2 Å². The van der Waals surface area contributed by atoms with Crippen LogP contribution in [0.2, 0.25) is 0 Å². The lowest BCUT2D eigenvalue weighted by molar-refractivity contribution is -0.144. The van der Waals surface area contributed by atoms with E-state index in [9.17, 15) is 14.4 Å². The van der Waals surface area contributed by atoms with Crippen LogP contribution in [0.3, 0.4) is 0 Å². The Hall–Kier alpha value is -2.71. The maximum Gasteiger partial charge on any atom is 0.305 e. The first-order valence-corrected chi connectivity index (χ1v) is 12.8. The van der Waals surface area contributed by atoms with Gasteiger partial charge in [0.1, 0.15) is 6.61 Å². The second kappa shape index (κ2) is 12.1. The third-order valence-electron chi connectivity index (χ3n) is 6.56. The Morgan fingerprint density at radius 1 is 1.06 bits per heavy atom. The molecule has 0 spiro atoms. The Morgan fingerprint density at radius 3 is 2.41 bits per heavy atom. The van der Waals surface area contributed by atoms with Crippen molar-refractivity contribution in [1.29, 1.82) is 0 Å². The average Bonchev–Trinajstić information content (AvgIpc) is 3.38. The molecule has 7 nitrogen and oxygen atoms in total. The molecule has 3 rings (SSSR count). The standard InChI is InChI=1S/C26H35N3O4S/c1-4-25(32)33-18-19-8-5-6-9-21(19)28-24(31)12-11-23(30)27-20-13-15-26(16-14-20,29(2)3)22-10-7-17-34-22/h5-10,17,20H,4,11-16,18H2,1-3H3,(H,27,30)(H,28,31). The fraction of sp³-hybridized carbons (Fsp3) is 0.500. The molecule has 0 saturated heterocycles. The minimum absolute atomic E-state index is 0.0358. The van der Waals surface area contributed by atoms with Gasteiger partial charge >= 0.3 is 5.97 Å². The van der Waals surface area contributed by atoms with Gasteiger partial charge in [-0.25, -0.2) is 0 Å². The fourth-order valence-electron chi connectivity index (χ4n) is 4.47. The number of benzene rings is 1. The molecule has 1 aliphatic rings. The van der Waals surface area contributed by atoms with Crippen LogP contribution in [0.4, 0.5) is 5.69 Å². The summed E-state index contributed by atoms with van der Waals surface area (Å²) >= 11 is 1.79. The highest BCUT2D eigenvalue weighted by atomic mass is 32.1. The molecule has 2 N–H and O–H groups in total. The van der Waals surface area contributed by atoms with E-state index in [0.29, 0.717) is 12.1 Å². The molecule has 1 aliphatic carbocycles. The van der Waals surface area contributed by atoms with Gasteiger partial charge in [-0.15, -0.1) is 11.3 Å². The number of hydrogen-bond acceptors (Lipinski definition) is 6. The summed E-state index contributed by atoms with van der Waals surface area (Å²) in [6, 6.07) is 11.6. The van der Waals surface area contributed by atoms with Crippen molar-refractivity contribution < 1.29 is 19.1 Å². The van der Waals surface area contributed by atoms with Crippen LogP contribution in [0, 0.1) is 0 Å². The van der Waals surface area contributed by atoms with E-state index in [1.54, 1.807) is 36.5 Å². The molecule has 184 valence electrons. The van der Waals surface area contributed by atoms with Crippen molar-refractivity contribution in [2.24, 2.45) is 0 Å². The lowest BCUT2D eigenvalue weighted by atomic mass is 9.77. The molecule has 1 heterocycles. The fourth-order valence-corrected chi connectivity index (χ4v) is 5.53. The summed E-state index contributed by atoms with van der Waals surface area (Å²) in [7, 11) is 4.26. The van der Waals surface area contributed by atoms with E-state index in [-0.39, 0.29) is 48.8 Å². The zero-order valence-electron chi connectivity index (χ0n) is 20.3. The van der Waals surface area contributed by atoms with Gasteiger partial charge in [0.25, 0.3) is 0 Å². The number of thiophene rings is 1. The van der Waals surface area contributed by atoms with Gasteiger partial charge in [0.05, 0.1) is 5.54 Å². The van der Waals surface area contributed by atoms with Gasteiger partial charge in [-0.1, -0.05) is 31.2 Å². The van der Waals surface area contributed by atoms with E-state index in [1.807, 2.05) is 6.07 Å². The Morgan fingerprint density at radius 2 is 1.76 bits per heavy atom. The van der Waals surface area contributed by atoms with Crippen LogP contribution in [0.25, 0.3) is 0 Å². The molecule has 8 heteroatoms. The number of anilines is 1. The SMILES string of the molecule is CCC(=O)OCc1ccccc1NC(=O)CCC(=O)NC1CCC(c2cccs2)(N(C)C)CC1. The number of nitrogens with zero attached hydrogens (tertiary/aromatic N) is 1. The van der Waals surface area contributed by atoms with Crippen LogP contribution in [0.5, 0.6) is 0 Å². The van der Waals surface area contributed by atoms with Crippen LogP contribution in [0.1, 0.15) is 62.3 Å². The minimum atomic E-state index is -0.293. The second-order valence-electron chi connectivity index (χ2n) is 8.96. The van der Waals surface area contributed by atoms with Crippen LogP contribution < -0.4 is 10.6 Å². The van der Waals surface area contributed by atoms with E-state index in [4.69, 9.17) is 4.74 Å². The molecule has 1 aromatic heterocycles. The molecule has 0 atom stereocenters. The Kier molecular flexibility index (Phi) is 9.24. The molecule has 0 aliphatic heterocycles. The van der Waals surface area contributed by atoms with Crippen molar-refractivity contribution in [2.45, 2.75) is 70.1 Å². The number of nitrogens with one attached hydrogen (secondary N) is 2. The van der Waals surface area contributed by atoms with Crippen LogP contribution in [0.15, 0.2) is 41.8 Å². The third-order valence-corrected chi connectivity index (χ3v) is 7.62. The summed E-state index contributed by atoms with van der Waals surface area (Å²) in [6.07, 6.45) is 4.35. The molecule has 1 saturated carbocycles. The lowest BCUT2D eigenvalue weighted by Gasteiger charge is -2.44. The van der Waals surface area contributed by atoms with Gasteiger partial charge in [-0.05, 0) is 57.3 Å². The maximum absolute atomic E-state index is 12.5. The number of hydrogen-bond donors (Lipinski definition) is 2. The summed E-state index contributed by atoms with van der Waals surface area (Å²) in [4.78, 5) is 40.1. The maximum atomic E-state index is 12.5. The van der Waals surface area contributed by atoms with Crippen LogP contribution in [-0.2, 0) is 31.3 Å². The molecule has 0 radical (unpaired) electrons. The van der Waals surface area contributed by atoms with Crippen molar-refractivity contribution >= 4 is 34.8 Å². The summed E-state index contributed by atoms with van der Waals surface area (Å²) in [6.45, 7) is 1.84. The third kappa shape index (κ3) is 6.67. The first-order chi connectivity index (χ1) is 16.3. The number of carbonyl (C=O) groups is 3. The first kappa shape index (κ1) is 25.9. The molecule has 0 unspecified atom stereocenters. The molecular formula is C26H35N3O4S. The molecule has 34 heavy (non-hydrogen) atoms. The molecule has 1 aromatic carbocycles. The van der Waals surface area contributed by atoms with E-state index in [2.05, 4.69) is 47.1 Å². The summed E-state index contributed by atoms with van der Waals surface area (Å²) < 4.78 is 5.18. The molecule has 2 aromatic rings. The Bertz CT molecular complexity index is 966. The molecular weight excluding hydrogens is 450 g/mol. The van der Waals surface area contributed by atoms with Gasteiger partial charge in [0.2, 0.25) is 11.8 Å². The number of amides is 2. The van der Waals surface area contributed by atoms with Crippen molar-refractivity contribution in [3.63, 3.8) is 0 Å². The summed E-state index contributed by atoms with van der Waals surface area (Å²) in [5.74, 6) is -0.630. The van der Waals surface area contributed by atoms with E-state index >= 15 is 0 Å². The summed E-state index contributed by atoms with van der Waals surface area (Å²) in [5.41, 5.74) is 1.35. The van der Waals surface area contributed by atoms with Crippen LogP contribution >= 0.6 is 11.3 Å². The highest BCUT2D eigenvalue weighted by molar-refractivity contribution is 7.10. The lowest BCUT2D eigenvalue weighted by Crippen LogP contribution is -2.48. The van der Waals surface area contributed by atoms with E-state index in [1.165, 1.54) is 4.88 Å². The highest BCUT2D eigenvalue weighted by Crippen LogP contribution is 2.43. The van der Waals surface area contributed by atoms with Gasteiger partial charge in [-0.2, -0.15) is 0 Å². The van der Waals surface area contributed by atoms with Crippen molar-refractivity contribution in [2.75, 3.05) is 19.4 Å². The molecule has 1 fully saturated rings. The number of rotatable bonds is 10. The Balaban J connectivity index is 1.45. The van der Waals surface area contributed by atoms with E-state index < -0.39 is 0 Å². The average molecular weight is 486 g/mol. The zero-order valence-corrected chi connectivity index (χ0v) is 21.1. The number of ether oxygens (including phenoxy) is 1. The van der Waals surface area contributed by atoms with Gasteiger partial charge in [-0.3, -0.25) is 19.3 Å². The minimum Gasteiger partial charge on any atom is -0.461 e. The van der Waals surface area contributed by atoms with E-state index in [0.717, 1.165) is 31.2 Å². The largest absolute Gasteiger partial charge is 0.461 e. The zero-order chi connectivity index (χ0) is 24.6. The Labute approximate surface area is 205 Å². The quantitative estimate of drug-likeness (QED) is 0.486. The predicted octanol–water partition coefficient (Wildman–Crippen LogP) is 4.44. The van der Waals surface area contributed by atoms with Crippen molar-refractivity contribution in [1.82, 2.24) is 10.2 Å². The topological polar surface area (TPSA) is 87.7 Å². The van der Waals surface area contributed by atoms with Gasteiger partial charge in [0.15, 0.2) is 0 Å². The molecule has 0 bridgehead atoms. The first-order valence-electron chi connectivity index (χ1n) is 11.9. The highest BCUT2D eigenvalue weighted by Gasteiger charge is 2.39. The smallest absolute Gasteiger partial charge is 0.305 e. The van der Waals surface area contributed by atoms with Gasteiger partial charge in [0, 0.05) is 41.4 Å². The number of para-hydroxylation sites is 1. The molecule has 2 amide bonds. The van der Waals surface area contributed by atoms with Crippen LogP contribution in [-0.4, -0.2) is 42.8 Å². The number of esters is 1. The summed E-state index contributed by atoms with van der Waals surface area (Å²) in [5, 5.41) is 8.08.